The van der Waals surface area contributed by atoms with Crippen molar-refractivity contribution >= 4 is 11.8 Å². The second-order valence-corrected chi connectivity index (χ2v) is 5.65. The third-order valence-corrected chi connectivity index (χ3v) is 4.33. The molecule has 0 bridgehead atoms. The van der Waals surface area contributed by atoms with Gasteiger partial charge in [0.25, 0.3) is 0 Å². The lowest BCUT2D eigenvalue weighted by atomic mass is 10.00. The monoisotopic (exact) mass is 291 g/mol. The van der Waals surface area contributed by atoms with E-state index in [4.69, 9.17) is 10.6 Å². The minimum Gasteiger partial charge on any atom is -0.381 e. The van der Waals surface area contributed by atoms with Crippen LogP contribution in [0.3, 0.4) is 0 Å². The molecule has 0 saturated carbocycles. The lowest BCUT2D eigenvalue weighted by molar-refractivity contribution is 0.0830. The van der Waals surface area contributed by atoms with Gasteiger partial charge in [0, 0.05) is 31.1 Å². The highest BCUT2D eigenvalue weighted by atomic mass is 32.2. The van der Waals surface area contributed by atoms with Crippen LogP contribution in [0.1, 0.15) is 30.3 Å². The lowest BCUT2D eigenvalue weighted by Gasteiger charge is -2.20. The number of thioether (sulfide) groups is 1. The predicted octanol–water partition coefficient (Wildman–Crippen LogP) is 1.57. The number of nitrogen functional groups attached to an aromatic ring is 1. The number of pyridine rings is 1. The Balaban J connectivity index is 1.67. The normalized spacial score (nSPS) is 16.4. The maximum absolute atomic E-state index is 6.11. The fraction of sp³-hybridized carbons (Fsp3) is 0.462. The SMILES string of the molecule is Nn1c(SCc2ccccn2)nnc1C1CCOCC1. The molecule has 1 aliphatic heterocycles. The quantitative estimate of drug-likeness (QED) is 0.680. The Kier molecular flexibility index (Phi) is 4.17. The van der Waals surface area contributed by atoms with E-state index in [1.54, 1.807) is 22.6 Å². The Morgan fingerprint density at radius 3 is 2.90 bits per heavy atom. The van der Waals surface area contributed by atoms with Crippen molar-refractivity contribution < 1.29 is 4.74 Å². The Labute approximate surface area is 121 Å². The van der Waals surface area contributed by atoms with Gasteiger partial charge in [-0.05, 0) is 25.0 Å². The first-order chi connectivity index (χ1) is 9.84. The Hall–Kier alpha value is -1.60. The van der Waals surface area contributed by atoms with Crippen LogP contribution in [-0.2, 0) is 10.5 Å². The molecule has 3 rings (SSSR count). The Morgan fingerprint density at radius 2 is 2.15 bits per heavy atom. The van der Waals surface area contributed by atoms with Gasteiger partial charge in [-0.25, -0.2) is 4.68 Å². The summed E-state index contributed by atoms with van der Waals surface area (Å²) in [5.41, 5.74) is 1.01. The van der Waals surface area contributed by atoms with E-state index >= 15 is 0 Å². The second kappa shape index (κ2) is 6.23. The molecule has 1 saturated heterocycles. The van der Waals surface area contributed by atoms with Crippen LogP contribution in [-0.4, -0.2) is 33.1 Å². The van der Waals surface area contributed by atoms with Crippen molar-refractivity contribution in [2.45, 2.75) is 29.7 Å². The van der Waals surface area contributed by atoms with Gasteiger partial charge in [-0.3, -0.25) is 4.98 Å². The zero-order valence-corrected chi connectivity index (χ0v) is 11.9. The number of nitrogens with zero attached hydrogens (tertiary/aromatic N) is 4. The molecule has 7 heteroatoms. The summed E-state index contributed by atoms with van der Waals surface area (Å²) in [4.78, 5) is 4.28. The highest BCUT2D eigenvalue weighted by Crippen LogP contribution is 2.27. The second-order valence-electron chi connectivity index (χ2n) is 4.71. The molecule has 3 heterocycles. The smallest absolute Gasteiger partial charge is 0.210 e. The molecule has 2 N–H and O–H groups in total. The molecule has 1 aliphatic rings. The molecule has 0 unspecified atom stereocenters. The average molecular weight is 291 g/mol. The number of hydrogen-bond acceptors (Lipinski definition) is 6. The van der Waals surface area contributed by atoms with E-state index in [9.17, 15) is 0 Å². The first-order valence-corrected chi connectivity index (χ1v) is 7.64. The highest BCUT2D eigenvalue weighted by molar-refractivity contribution is 7.98. The largest absolute Gasteiger partial charge is 0.381 e. The number of rotatable bonds is 4. The molecule has 2 aromatic rings. The summed E-state index contributed by atoms with van der Waals surface area (Å²) < 4.78 is 6.98. The van der Waals surface area contributed by atoms with Crippen LogP contribution in [0, 0.1) is 0 Å². The number of aromatic nitrogens is 4. The third kappa shape index (κ3) is 2.94. The molecule has 1 fully saturated rings. The Bertz CT molecular complexity index is 553. The third-order valence-electron chi connectivity index (χ3n) is 3.35. The summed E-state index contributed by atoms with van der Waals surface area (Å²) in [5.74, 6) is 8.06. The molecule has 0 aromatic carbocycles. The summed E-state index contributed by atoms with van der Waals surface area (Å²) in [5, 5.41) is 9.16. The van der Waals surface area contributed by atoms with Crippen LogP contribution in [0.2, 0.25) is 0 Å². The molecule has 0 radical (unpaired) electrons. The van der Waals surface area contributed by atoms with Crippen LogP contribution in [0.25, 0.3) is 0 Å². The van der Waals surface area contributed by atoms with Crippen molar-refractivity contribution in [2.24, 2.45) is 0 Å². The summed E-state index contributed by atoms with van der Waals surface area (Å²) >= 11 is 1.56. The minimum atomic E-state index is 0.352. The Morgan fingerprint density at radius 1 is 1.30 bits per heavy atom. The van der Waals surface area contributed by atoms with Gasteiger partial charge in [0.15, 0.2) is 5.82 Å². The van der Waals surface area contributed by atoms with Crippen LogP contribution >= 0.6 is 11.8 Å². The summed E-state index contributed by atoms with van der Waals surface area (Å²) in [7, 11) is 0. The standard InChI is InChI=1S/C13H17N5OS/c14-18-12(10-4-7-19-8-5-10)16-17-13(18)20-9-11-3-1-2-6-15-11/h1-3,6,10H,4-5,7-9,14H2. The van der Waals surface area contributed by atoms with E-state index in [1.165, 1.54) is 0 Å². The zero-order valence-electron chi connectivity index (χ0n) is 11.1. The van der Waals surface area contributed by atoms with Crippen molar-refractivity contribution in [3.63, 3.8) is 0 Å². The lowest BCUT2D eigenvalue weighted by Crippen LogP contribution is -2.22. The molecule has 106 valence electrons. The average Bonchev–Trinajstić information content (AvgIpc) is 2.88. The van der Waals surface area contributed by atoms with Gasteiger partial charge < -0.3 is 10.6 Å². The van der Waals surface area contributed by atoms with E-state index in [2.05, 4.69) is 15.2 Å². The van der Waals surface area contributed by atoms with Gasteiger partial charge in [-0.1, -0.05) is 17.8 Å². The highest BCUT2D eigenvalue weighted by Gasteiger charge is 2.22. The minimum absolute atomic E-state index is 0.352. The van der Waals surface area contributed by atoms with Crippen LogP contribution < -0.4 is 5.84 Å². The molecular formula is C13H17N5OS. The maximum atomic E-state index is 6.11. The van der Waals surface area contributed by atoms with Crippen molar-refractivity contribution in [2.75, 3.05) is 19.1 Å². The van der Waals surface area contributed by atoms with Crippen molar-refractivity contribution in [3.05, 3.63) is 35.9 Å². The van der Waals surface area contributed by atoms with E-state index in [0.717, 1.165) is 48.5 Å². The molecule has 0 spiro atoms. The van der Waals surface area contributed by atoms with Crippen molar-refractivity contribution in [1.82, 2.24) is 19.9 Å². The maximum Gasteiger partial charge on any atom is 0.210 e. The van der Waals surface area contributed by atoms with Gasteiger partial charge >= 0.3 is 0 Å². The summed E-state index contributed by atoms with van der Waals surface area (Å²) in [6.45, 7) is 1.54. The predicted molar refractivity (Wildman–Crippen MR) is 76.8 cm³/mol. The fourth-order valence-electron chi connectivity index (χ4n) is 2.24. The van der Waals surface area contributed by atoms with E-state index < -0.39 is 0 Å². The molecule has 0 aliphatic carbocycles. The summed E-state index contributed by atoms with van der Waals surface area (Å²) in [6, 6.07) is 5.87. The molecule has 0 atom stereocenters. The van der Waals surface area contributed by atoms with E-state index in [0.29, 0.717) is 5.92 Å². The number of ether oxygens (including phenoxy) is 1. The molecular weight excluding hydrogens is 274 g/mol. The first-order valence-electron chi connectivity index (χ1n) is 6.65. The van der Waals surface area contributed by atoms with E-state index in [-0.39, 0.29) is 0 Å². The van der Waals surface area contributed by atoms with Crippen molar-refractivity contribution in [3.8, 4) is 0 Å². The van der Waals surface area contributed by atoms with Gasteiger partial charge in [-0.15, -0.1) is 10.2 Å². The van der Waals surface area contributed by atoms with Crippen LogP contribution in [0.15, 0.2) is 29.6 Å². The van der Waals surface area contributed by atoms with Crippen molar-refractivity contribution in [1.29, 1.82) is 0 Å². The number of hydrogen-bond donors (Lipinski definition) is 1. The van der Waals surface area contributed by atoms with E-state index in [1.807, 2.05) is 18.2 Å². The van der Waals surface area contributed by atoms with Gasteiger partial charge in [-0.2, -0.15) is 0 Å². The summed E-state index contributed by atoms with van der Waals surface area (Å²) in [6.07, 6.45) is 3.71. The molecule has 2 aromatic heterocycles. The number of nitrogens with two attached hydrogens (primary N) is 1. The molecule has 6 nitrogen and oxygen atoms in total. The fourth-order valence-corrected chi connectivity index (χ4v) is 3.02. The topological polar surface area (TPSA) is 78.9 Å². The zero-order chi connectivity index (χ0) is 13.8. The first kappa shape index (κ1) is 13.4. The van der Waals surface area contributed by atoms with Gasteiger partial charge in [0.05, 0.1) is 5.69 Å². The van der Waals surface area contributed by atoms with Crippen LogP contribution in [0.4, 0.5) is 0 Å². The van der Waals surface area contributed by atoms with Gasteiger partial charge in [0.2, 0.25) is 5.16 Å². The molecule has 20 heavy (non-hydrogen) atoms. The van der Waals surface area contributed by atoms with Crippen LogP contribution in [0.5, 0.6) is 0 Å². The van der Waals surface area contributed by atoms with Gasteiger partial charge in [0.1, 0.15) is 0 Å². The molecule has 0 amide bonds.